The van der Waals surface area contributed by atoms with E-state index in [0.29, 0.717) is 25.3 Å². The molecule has 0 spiro atoms. The Hall–Kier alpha value is -2.22. The zero-order chi connectivity index (χ0) is 19.4. The second-order valence-corrected chi connectivity index (χ2v) is 7.34. The first-order valence-corrected chi connectivity index (χ1v) is 9.35. The third kappa shape index (κ3) is 4.21. The highest BCUT2D eigenvalue weighted by atomic mass is 16.3. The van der Waals surface area contributed by atoms with Crippen LogP contribution < -0.4 is 0 Å². The Kier molecular flexibility index (Phi) is 6.26. The molecule has 3 N–H and O–H groups in total. The summed E-state index contributed by atoms with van der Waals surface area (Å²) in [6.45, 7) is 4.52. The van der Waals surface area contributed by atoms with E-state index in [0.717, 1.165) is 23.4 Å². The number of rotatable bonds is 7. The number of aromatic nitrogens is 2. The van der Waals surface area contributed by atoms with Crippen LogP contribution >= 0.6 is 0 Å². The fourth-order valence-corrected chi connectivity index (χ4v) is 3.82. The topological polar surface area (TPSA) is 92.7 Å². The number of carbonyl (C=O) groups is 1. The number of nitrogens with zero attached hydrogens (tertiary/aromatic N) is 3. The standard InChI is InChI=1S/C20H28N4O3/c1-14-18(15-6-4-3-5-7-15)21-22-19(14)20(27)24-11-16(17(12-24)13-26)10-23(2)8-9-25/h3-7,16-17,25-26H,8-13H2,1-2H3,(H,21,22). The Labute approximate surface area is 159 Å². The molecule has 2 aromatic rings. The van der Waals surface area contributed by atoms with E-state index in [2.05, 4.69) is 10.2 Å². The molecule has 0 bridgehead atoms. The number of nitrogens with one attached hydrogen (secondary N) is 1. The summed E-state index contributed by atoms with van der Waals surface area (Å²) in [5.41, 5.74) is 3.11. The van der Waals surface area contributed by atoms with E-state index in [1.54, 1.807) is 4.90 Å². The molecular formula is C20H28N4O3. The minimum absolute atomic E-state index is 0.0481. The van der Waals surface area contributed by atoms with Crippen LogP contribution in [0.3, 0.4) is 0 Å². The van der Waals surface area contributed by atoms with Crippen molar-refractivity contribution in [3.63, 3.8) is 0 Å². The summed E-state index contributed by atoms with van der Waals surface area (Å²) in [6.07, 6.45) is 0. The molecule has 1 saturated heterocycles. The van der Waals surface area contributed by atoms with Gasteiger partial charge in [0, 0.05) is 49.8 Å². The molecular weight excluding hydrogens is 344 g/mol. The lowest BCUT2D eigenvalue weighted by Gasteiger charge is -2.23. The molecule has 0 aliphatic carbocycles. The Bertz CT molecular complexity index is 762. The van der Waals surface area contributed by atoms with E-state index in [1.807, 2.05) is 49.2 Å². The number of carbonyl (C=O) groups excluding carboxylic acids is 1. The summed E-state index contributed by atoms with van der Waals surface area (Å²) in [6, 6.07) is 9.80. The van der Waals surface area contributed by atoms with Gasteiger partial charge in [0.2, 0.25) is 0 Å². The van der Waals surface area contributed by atoms with Gasteiger partial charge in [-0.15, -0.1) is 0 Å². The van der Waals surface area contributed by atoms with Crippen molar-refractivity contribution in [2.75, 3.05) is 46.4 Å². The molecule has 7 nitrogen and oxygen atoms in total. The molecule has 1 aromatic carbocycles. The number of aliphatic hydroxyl groups excluding tert-OH is 2. The predicted octanol–water partition coefficient (Wildman–Crippen LogP) is 0.990. The van der Waals surface area contributed by atoms with Crippen molar-refractivity contribution in [1.82, 2.24) is 20.0 Å². The molecule has 0 saturated carbocycles. The van der Waals surface area contributed by atoms with Gasteiger partial charge in [-0.25, -0.2) is 0 Å². The molecule has 3 rings (SSSR count). The van der Waals surface area contributed by atoms with Crippen molar-refractivity contribution in [2.45, 2.75) is 6.92 Å². The molecule has 27 heavy (non-hydrogen) atoms. The smallest absolute Gasteiger partial charge is 0.272 e. The first-order chi connectivity index (χ1) is 13.0. The van der Waals surface area contributed by atoms with Crippen LogP contribution in [0.2, 0.25) is 0 Å². The number of likely N-dealkylation sites (N-methyl/N-ethyl adjacent to an activating group) is 1. The van der Waals surface area contributed by atoms with Crippen molar-refractivity contribution in [3.8, 4) is 11.3 Å². The van der Waals surface area contributed by atoms with Crippen LogP contribution in [0.5, 0.6) is 0 Å². The van der Waals surface area contributed by atoms with Crippen molar-refractivity contribution < 1.29 is 15.0 Å². The number of hydrogen-bond donors (Lipinski definition) is 3. The van der Waals surface area contributed by atoms with Gasteiger partial charge >= 0.3 is 0 Å². The Balaban J connectivity index is 1.74. The lowest BCUT2D eigenvalue weighted by molar-refractivity contribution is 0.0772. The maximum absolute atomic E-state index is 13.1. The highest BCUT2D eigenvalue weighted by Crippen LogP contribution is 2.28. The number of amides is 1. The number of hydrogen-bond acceptors (Lipinski definition) is 5. The van der Waals surface area contributed by atoms with Gasteiger partial charge in [-0.1, -0.05) is 30.3 Å². The van der Waals surface area contributed by atoms with Crippen LogP contribution in [0.15, 0.2) is 30.3 Å². The largest absolute Gasteiger partial charge is 0.396 e. The molecule has 0 radical (unpaired) electrons. The molecule has 1 aliphatic rings. The van der Waals surface area contributed by atoms with E-state index >= 15 is 0 Å². The second-order valence-electron chi connectivity index (χ2n) is 7.34. The molecule has 1 aliphatic heterocycles. The fraction of sp³-hybridized carbons (Fsp3) is 0.500. The van der Waals surface area contributed by atoms with Gasteiger partial charge in [-0.05, 0) is 19.9 Å². The number of H-pyrrole nitrogens is 1. The van der Waals surface area contributed by atoms with Gasteiger partial charge < -0.3 is 20.0 Å². The van der Waals surface area contributed by atoms with Crippen LogP contribution in [-0.4, -0.2) is 82.6 Å². The Morgan fingerprint density at radius 1 is 1.26 bits per heavy atom. The second kappa shape index (κ2) is 8.65. The summed E-state index contributed by atoms with van der Waals surface area (Å²) in [4.78, 5) is 16.9. The van der Waals surface area contributed by atoms with E-state index in [9.17, 15) is 9.90 Å². The number of benzene rings is 1. The average Bonchev–Trinajstić information content (AvgIpc) is 3.25. The lowest BCUT2D eigenvalue weighted by Crippen LogP contribution is -2.33. The Morgan fingerprint density at radius 2 is 1.96 bits per heavy atom. The molecule has 1 aromatic heterocycles. The van der Waals surface area contributed by atoms with E-state index in [-0.39, 0.29) is 31.0 Å². The normalized spacial score (nSPS) is 19.8. The summed E-state index contributed by atoms with van der Waals surface area (Å²) in [7, 11) is 1.94. The third-order valence-electron chi connectivity index (χ3n) is 5.40. The number of likely N-dealkylation sites (tertiary alicyclic amines) is 1. The zero-order valence-electron chi connectivity index (χ0n) is 15.9. The van der Waals surface area contributed by atoms with Crippen molar-refractivity contribution in [1.29, 1.82) is 0 Å². The quantitative estimate of drug-likeness (QED) is 0.674. The van der Waals surface area contributed by atoms with E-state index in [1.165, 1.54) is 0 Å². The molecule has 1 amide bonds. The maximum atomic E-state index is 13.1. The Morgan fingerprint density at radius 3 is 2.63 bits per heavy atom. The van der Waals surface area contributed by atoms with Gasteiger partial charge in [0.15, 0.2) is 0 Å². The molecule has 2 atom stereocenters. The summed E-state index contributed by atoms with van der Waals surface area (Å²) < 4.78 is 0. The minimum Gasteiger partial charge on any atom is -0.396 e. The minimum atomic E-state index is -0.0760. The summed E-state index contributed by atoms with van der Waals surface area (Å²) >= 11 is 0. The highest BCUT2D eigenvalue weighted by Gasteiger charge is 2.36. The van der Waals surface area contributed by atoms with Gasteiger partial charge in [-0.2, -0.15) is 5.10 Å². The van der Waals surface area contributed by atoms with E-state index < -0.39 is 0 Å². The maximum Gasteiger partial charge on any atom is 0.272 e. The predicted molar refractivity (Wildman–Crippen MR) is 103 cm³/mol. The first kappa shape index (κ1) is 19.5. The monoisotopic (exact) mass is 372 g/mol. The number of aromatic amines is 1. The summed E-state index contributed by atoms with van der Waals surface area (Å²) in [5, 5.41) is 26.1. The van der Waals surface area contributed by atoms with E-state index in [4.69, 9.17) is 5.11 Å². The third-order valence-corrected chi connectivity index (χ3v) is 5.40. The van der Waals surface area contributed by atoms with Gasteiger partial charge in [0.05, 0.1) is 12.3 Å². The van der Waals surface area contributed by atoms with Gasteiger partial charge in [-0.3, -0.25) is 9.89 Å². The lowest BCUT2D eigenvalue weighted by atomic mass is 9.96. The first-order valence-electron chi connectivity index (χ1n) is 9.35. The van der Waals surface area contributed by atoms with Crippen LogP contribution in [0.4, 0.5) is 0 Å². The molecule has 146 valence electrons. The van der Waals surface area contributed by atoms with Crippen molar-refractivity contribution in [2.24, 2.45) is 11.8 Å². The van der Waals surface area contributed by atoms with Crippen LogP contribution in [0, 0.1) is 18.8 Å². The summed E-state index contributed by atoms with van der Waals surface area (Å²) in [5.74, 6) is 0.159. The van der Waals surface area contributed by atoms with Crippen LogP contribution in [0.1, 0.15) is 16.1 Å². The van der Waals surface area contributed by atoms with Crippen LogP contribution in [-0.2, 0) is 0 Å². The average molecular weight is 372 g/mol. The highest BCUT2D eigenvalue weighted by molar-refractivity contribution is 5.95. The fourth-order valence-electron chi connectivity index (χ4n) is 3.82. The molecule has 2 unspecified atom stereocenters. The number of aliphatic hydroxyl groups is 2. The zero-order valence-corrected chi connectivity index (χ0v) is 15.9. The molecule has 2 heterocycles. The SMILES string of the molecule is Cc1c(-c2ccccc2)n[nH]c1C(=O)N1CC(CO)C(CN(C)CCO)C1. The van der Waals surface area contributed by atoms with Crippen molar-refractivity contribution >= 4 is 5.91 Å². The van der Waals surface area contributed by atoms with Gasteiger partial charge in [0.25, 0.3) is 5.91 Å². The van der Waals surface area contributed by atoms with Crippen LogP contribution in [0.25, 0.3) is 11.3 Å². The molecule has 1 fully saturated rings. The molecule has 7 heteroatoms. The van der Waals surface area contributed by atoms with Gasteiger partial charge in [0.1, 0.15) is 5.69 Å². The van der Waals surface area contributed by atoms with Crippen molar-refractivity contribution in [3.05, 3.63) is 41.6 Å².